The van der Waals surface area contributed by atoms with Gasteiger partial charge in [0.2, 0.25) is 20.2 Å². The monoisotopic (exact) mass is 431 g/mol. The van der Waals surface area contributed by atoms with E-state index in [1.165, 1.54) is 12.5 Å². The van der Waals surface area contributed by atoms with Crippen LogP contribution in [0.2, 0.25) is 0 Å². The second kappa shape index (κ2) is 7.73. The Hall–Kier alpha value is -2.35. The smallest absolute Gasteiger partial charge is 0.461 e. The number of amides is 1. The predicted molar refractivity (Wildman–Crippen MR) is 116 cm³/mol. The third-order valence-electron chi connectivity index (χ3n) is 5.38. The van der Waals surface area contributed by atoms with E-state index in [2.05, 4.69) is 9.39 Å². The summed E-state index contributed by atoms with van der Waals surface area (Å²) in [5, 5.41) is 1.88. The Kier molecular flexibility index (Phi) is 5.38. The quantitative estimate of drug-likeness (QED) is 0.418. The molecule has 0 bridgehead atoms. The van der Waals surface area contributed by atoms with Gasteiger partial charge in [-0.25, -0.2) is 4.79 Å². The van der Waals surface area contributed by atoms with E-state index in [0.29, 0.717) is 5.75 Å². The minimum absolute atomic E-state index is 0.0754. The second-order valence-electron chi connectivity index (χ2n) is 7.86. The number of carbonyl (C=O) groups excluding carboxylic acids is 2. The number of fused-ring (bicyclic) bond motifs is 2. The lowest BCUT2D eigenvalue weighted by Gasteiger charge is -2.45. The molecule has 158 valence electrons. The first kappa shape index (κ1) is 20.9. The molecule has 2 heterocycles. The van der Waals surface area contributed by atoms with Gasteiger partial charge in [-0.3, -0.25) is 4.79 Å². The van der Waals surface area contributed by atoms with Gasteiger partial charge in [0.05, 0.1) is 5.60 Å². The molecule has 10 heteroatoms. The van der Waals surface area contributed by atoms with Gasteiger partial charge in [-0.2, -0.15) is 0 Å². The van der Waals surface area contributed by atoms with Crippen LogP contribution in [-0.2, 0) is 18.9 Å². The van der Waals surface area contributed by atoms with Crippen molar-refractivity contribution >= 4 is 45.7 Å². The summed E-state index contributed by atoms with van der Waals surface area (Å²) in [6, 6.07) is 11.2. The molecular formula is C20H23BNO7P. The molecule has 8 nitrogen and oxygen atoms in total. The van der Waals surface area contributed by atoms with Crippen LogP contribution in [0.1, 0.15) is 13.8 Å². The van der Waals surface area contributed by atoms with Crippen molar-refractivity contribution in [2.24, 2.45) is 0 Å². The van der Waals surface area contributed by atoms with Gasteiger partial charge in [0.25, 0.3) is 0 Å². The zero-order chi connectivity index (χ0) is 21.6. The van der Waals surface area contributed by atoms with Crippen molar-refractivity contribution in [3.05, 3.63) is 36.4 Å². The summed E-state index contributed by atoms with van der Waals surface area (Å²) in [6.07, 6.45) is -3.46. The number of ether oxygens (including phenoxy) is 5. The first-order valence-electron chi connectivity index (χ1n) is 9.53. The Morgan fingerprint density at radius 3 is 2.50 bits per heavy atom. The SMILES string of the molecule is BC(=O)N(P)c1ccc2cc(O[C@@H]3OC(C)(C)[C@H](OC)[C@H]4OC(=O)O[C@@H]34)ccc2c1. The van der Waals surface area contributed by atoms with E-state index in [0.717, 1.165) is 16.5 Å². The number of methoxy groups -OCH3 is 1. The average molecular weight is 431 g/mol. The molecule has 0 saturated carbocycles. The molecule has 5 atom stereocenters. The van der Waals surface area contributed by atoms with Crippen LogP contribution in [0, 0.1) is 0 Å². The molecule has 1 unspecified atom stereocenters. The molecule has 2 fully saturated rings. The van der Waals surface area contributed by atoms with Crippen molar-refractivity contribution in [1.29, 1.82) is 0 Å². The summed E-state index contributed by atoms with van der Waals surface area (Å²) in [5.74, 6) is 0.483. The van der Waals surface area contributed by atoms with Gasteiger partial charge >= 0.3 is 6.16 Å². The average Bonchev–Trinajstić information content (AvgIpc) is 3.07. The Morgan fingerprint density at radius 2 is 1.80 bits per heavy atom. The van der Waals surface area contributed by atoms with Gasteiger partial charge in [-0.1, -0.05) is 12.1 Å². The number of rotatable bonds is 4. The minimum atomic E-state index is -0.847. The predicted octanol–water partition coefficient (Wildman–Crippen LogP) is 2.62. The maximum absolute atomic E-state index is 11.7. The van der Waals surface area contributed by atoms with Crippen LogP contribution in [0.3, 0.4) is 0 Å². The normalized spacial score (nSPS) is 27.1. The van der Waals surface area contributed by atoms with Crippen LogP contribution >= 0.6 is 9.39 Å². The Labute approximate surface area is 177 Å². The molecule has 2 aromatic rings. The van der Waals surface area contributed by atoms with Crippen LogP contribution < -0.4 is 9.41 Å². The maximum Gasteiger partial charge on any atom is 0.509 e. The summed E-state index contributed by atoms with van der Waals surface area (Å²) in [6.45, 7) is 3.71. The van der Waals surface area contributed by atoms with Crippen LogP contribution in [-0.4, -0.2) is 57.1 Å². The van der Waals surface area contributed by atoms with Gasteiger partial charge in [-0.05, 0) is 58.3 Å². The Morgan fingerprint density at radius 1 is 1.13 bits per heavy atom. The van der Waals surface area contributed by atoms with Gasteiger partial charge < -0.3 is 28.4 Å². The van der Waals surface area contributed by atoms with Gasteiger partial charge in [0, 0.05) is 12.8 Å². The second-order valence-corrected chi connectivity index (χ2v) is 8.38. The molecule has 4 rings (SSSR count). The molecule has 0 radical (unpaired) electrons. The fourth-order valence-electron chi connectivity index (χ4n) is 3.92. The maximum atomic E-state index is 11.7. The van der Waals surface area contributed by atoms with Crippen LogP contribution in [0.4, 0.5) is 15.3 Å². The highest BCUT2D eigenvalue weighted by Crippen LogP contribution is 2.39. The van der Waals surface area contributed by atoms with Crippen LogP contribution in [0.15, 0.2) is 36.4 Å². The van der Waals surface area contributed by atoms with E-state index in [4.69, 9.17) is 23.7 Å². The third-order valence-corrected chi connectivity index (χ3v) is 6.04. The van der Waals surface area contributed by atoms with Crippen molar-refractivity contribution in [3.8, 4) is 5.75 Å². The number of hydrogen-bond acceptors (Lipinski definition) is 7. The fourth-order valence-corrected chi connectivity index (χ4v) is 4.08. The number of benzene rings is 2. The fraction of sp³-hybridized carbons (Fsp3) is 0.400. The summed E-state index contributed by atoms with van der Waals surface area (Å²) in [4.78, 5) is 23.3. The van der Waals surface area contributed by atoms with E-state index in [1.54, 1.807) is 13.2 Å². The molecule has 2 aliphatic rings. The van der Waals surface area contributed by atoms with Crippen molar-refractivity contribution in [1.82, 2.24) is 0 Å². The van der Waals surface area contributed by atoms with E-state index >= 15 is 0 Å². The van der Waals surface area contributed by atoms with E-state index in [-0.39, 0.29) is 5.81 Å². The molecule has 1 amide bonds. The van der Waals surface area contributed by atoms with Crippen molar-refractivity contribution in [3.63, 3.8) is 0 Å². The largest absolute Gasteiger partial charge is 0.509 e. The zero-order valence-corrected chi connectivity index (χ0v) is 18.3. The lowest BCUT2D eigenvalue weighted by atomic mass is 9.89. The topological polar surface area (TPSA) is 83.5 Å². The summed E-state index contributed by atoms with van der Waals surface area (Å²) in [7, 11) is 5.45. The van der Waals surface area contributed by atoms with Gasteiger partial charge in [0.15, 0.2) is 11.9 Å². The first-order chi connectivity index (χ1) is 14.2. The van der Waals surface area contributed by atoms with Crippen LogP contribution in [0.5, 0.6) is 5.75 Å². The Bertz CT molecular complexity index is 1000. The molecule has 30 heavy (non-hydrogen) atoms. The standard InChI is InChI=1S/C20H23BNO7P/c1-20(2)16(25-3)14-15(28-19(24)27-14)17(29-20)26-13-7-5-10-8-12(22(30)18(21)23)6-4-11(10)9-13/h4-9,14-17H,21,30H2,1-3H3/t14-,15+,16+,17+/m0/s1. The first-order valence-corrected chi connectivity index (χ1v) is 10.0. The lowest BCUT2D eigenvalue weighted by Crippen LogP contribution is -2.62. The summed E-state index contributed by atoms with van der Waals surface area (Å²) >= 11 is 0. The highest BCUT2D eigenvalue weighted by atomic mass is 31.0. The molecule has 0 spiro atoms. The molecule has 0 aliphatic carbocycles. The molecule has 0 N–H and O–H groups in total. The zero-order valence-electron chi connectivity index (χ0n) is 17.2. The van der Waals surface area contributed by atoms with Crippen molar-refractivity contribution in [2.75, 3.05) is 11.8 Å². The number of nitrogens with zero attached hydrogens (tertiary/aromatic N) is 1. The Balaban J connectivity index is 1.59. The molecule has 2 saturated heterocycles. The molecule has 2 aromatic carbocycles. The highest BCUT2D eigenvalue weighted by Gasteiger charge is 2.58. The molecular weight excluding hydrogens is 408 g/mol. The van der Waals surface area contributed by atoms with Crippen molar-refractivity contribution in [2.45, 2.75) is 44.1 Å². The van der Waals surface area contributed by atoms with Crippen LogP contribution in [0.25, 0.3) is 10.8 Å². The van der Waals surface area contributed by atoms with Gasteiger partial charge in [0.1, 0.15) is 11.9 Å². The molecule has 2 aliphatic heterocycles. The summed E-state index contributed by atoms with van der Waals surface area (Å²) < 4.78 is 29.8. The van der Waals surface area contributed by atoms with Crippen molar-refractivity contribution < 1.29 is 33.3 Å². The van der Waals surface area contributed by atoms with E-state index in [9.17, 15) is 9.59 Å². The number of anilines is 1. The number of hydrogen-bond donors (Lipinski definition) is 0. The number of carbonyl (C=O) groups is 2. The van der Waals surface area contributed by atoms with E-state index < -0.39 is 36.4 Å². The highest BCUT2D eigenvalue weighted by molar-refractivity contribution is 7.22. The minimum Gasteiger partial charge on any atom is -0.461 e. The van der Waals surface area contributed by atoms with Gasteiger partial charge in [-0.15, -0.1) is 0 Å². The third kappa shape index (κ3) is 3.73. The summed E-state index contributed by atoms with van der Waals surface area (Å²) in [5.41, 5.74) is 0.0180. The lowest BCUT2D eigenvalue weighted by molar-refractivity contribution is -0.282. The van der Waals surface area contributed by atoms with E-state index in [1.807, 2.05) is 44.2 Å². The molecule has 0 aromatic heterocycles.